The van der Waals surface area contributed by atoms with E-state index in [9.17, 15) is 15.0 Å². The number of carbonyl (C=O) groups is 1. The maximum Gasteiger partial charge on any atom is 0.331 e. The van der Waals surface area contributed by atoms with E-state index < -0.39 is 11.5 Å². The molecule has 134 valence electrons. The van der Waals surface area contributed by atoms with Gasteiger partial charge in [0.1, 0.15) is 6.61 Å². The molecule has 0 spiro atoms. The lowest BCUT2D eigenvalue weighted by Crippen LogP contribution is -2.57. The molecule has 0 aromatic rings. The summed E-state index contributed by atoms with van der Waals surface area (Å²) in [6.45, 7) is 9.15. The second-order valence-electron chi connectivity index (χ2n) is 8.48. The van der Waals surface area contributed by atoms with Gasteiger partial charge in [-0.05, 0) is 61.3 Å². The van der Waals surface area contributed by atoms with Gasteiger partial charge in [-0.15, -0.1) is 0 Å². The Bertz CT molecular complexity index is 566. The molecule has 0 saturated heterocycles. The molecule has 0 bridgehead atoms. The van der Waals surface area contributed by atoms with Crippen molar-refractivity contribution in [1.29, 1.82) is 0 Å². The molecule has 5 atom stereocenters. The Kier molecular flexibility index (Phi) is 4.65. The summed E-state index contributed by atoms with van der Waals surface area (Å²) in [5.41, 5.74) is 1.98. The lowest BCUT2D eigenvalue weighted by molar-refractivity contribution is -0.152. The van der Waals surface area contributed by atoms with Crippen molar-refractivity contribution in [2.75, 3.05) is 13.2 Å². The number of fused-ring (bicyclic) bond motifs is 1. The zero-order chi connectivity index (χ0) is 17.5. The van der Waals surface area contributed by atoms with E-state index >= 15 is 0 Å². The monoisotopic (exact) mass is 334 g/mol. The highest BCUT2D eigenvalue weighted by Crippen LogP contribution is 2.61. The number of allylic oxidation sites excluding steroid dienone is 1. The van der Waals surface area contributed by atoms with E-state index in [1.54, 1.807) is 6.08 Å². The summed E-state index contributed by atoms with van der Waals surface area (Å²) in [4.78, 5) is 11.2. The molecule has 3 aliphatic rings. The second-order valence-corrected chi connectivity index (χ2v) is 8.48. The van der Waals surface area contributed by atoms with E-state index in [-0.39, 0.29) is 18.0 Å². The molecule has 0 unspecified atom stereocenters. The third-order valence-corrected chi connectivity index (χ3v) is 7.17. The molecule has 0 radical (unpaired) electrons. The topological polar surface area (TPSA) is 66.8 Å². The number of ether oxygens (including phenoxy) is 1. The Morgan fingerprint density at radius 3 is 2.75 bits per heavy atom. The molecule has 0 aromatic heterocycles. The van der Waals surface area contributed by atoms with Crippen LogP contribution >= 0.6 is 0 Å². The quantitative estimate of drug-likeness (QED) is 0.613. The molecule has 2 saturated carbocycles. The number of esters is 1. The van der Waals surface area contributed by atoms with Crippen LogP contribution in [0.5, 0.6) is 0 Å². The van der Waals surface area contributed by atoms with E-state index in [1.165, 1.54) is 5.57 Å². The van der Waals surface area contributed by atoms with Crippen LogP contribution in [0.15, 0.2) is 23.8 Å². The zero-order valence-corrected chi connectivity index (χ0v) is 14.9. The smallest absolute Gasteiger partial charge is 0.331 e. The summed E-state index contributed by atoms with van der Waals surface area (Å²) in [7, 11) is 0. The van der Waals surface area contributed by atoms with Gasteiger partial charge in [-0.3, -0.25) is 0 Å². The average Bonchev–Trinajstić information content (AvgIpc) is 2.96. The summed E-state index contributed by atoms with van der Waals surface area (Å²) in [5, 5.41) is 20.5. The Balaban J connectivity index is 1.81. The average molecular weight is 334 g/mol. The van der Waals surface area contributed by atoms with Gasteiger partial charge in [-0.2, -0.15) is 0 Å². The van der Waals surface area contributed by atoms with Gasteiger partial charge in [0.2, 0.25) is 0 Å². The minimum absolute atomic E-state index is 0.0289. The molecule has 24 heavy (non-hydrogen) atoms. The van der Waals surface area contributed by atoms with Crippen molar-refractivity contribution in [2.45, 2.75) is 58.5 Å². The molecular formula is C20H30O4. The lowest BCUT2D eigenvalue weighted by atomic mass is 9.46. The van der Waals surface area contributed by atoms with Gasteiger partial charge in [0, 0.05) is 11.5 Å². The number of carbonyl (C=O) groups excluding carboxylic acids is 1. The molecule has 1 heterocycles. The van der Waals surface area contributed by atoms with Gasteiger partial charge in [-0.25, -0.2) is 4.79 Å². The molecule has 2 fully saturated rings. The van der Waals surface area contributed by atoms with E-state index in [4.69, 9.17) is 4.74 Å². The van der Waals surface area contributed by atoms with Crippen LogP contribution in [0.2, 0.25) is 0 Å². The molecule has 4 nitrogen and oxygen atoms in total. The van der Waals surface area contributed by atoms with Crippen molar-refractivity contribution in [3.63, 3.8) is 0 Å². The van der Waals surface area contributed by atoms with Crippen LogP contribution in [-0.4, -0.2) is 35.5 Å². The minimum atomic E-state index is -0.434. The van der Waals surface area contributed by atoms with Crippen molar-refractivity contribution < 1.29 is 19.7 Å². The van der Waals surface area contributed by atoms with Crippen molar-refractivity contribution in [3.05, 3.63) is 23.8 Å². The third kappa shape index (κ3) is 2.74. The fourth-order valence-corrected chi connectivity index (χ4v) is 5.62. The second kappa shape index (κ2) is 6.30. The number of hydrogen-bond donors (Lipinski definition) is 2. The number of cyclic esters (lactones) is 1. The molecule has 2 N–H and O–H groups in total. The minimum Gasteiger partial charge on any atom is -0.458 e. The van der Waals surface area contributed by atoms with Crippen LogP contribution < -0.4 is 0 Å². The van der Waals surface area contributed by atoms with Gasteiger partial charge in [0.05, 0.1) is 12.7 Å². The van der Waals surface area contributed by atoms with Crippen LogP contribution in [0.25, 0.3) is 0 Å². The fraction of sp³-hybridized carbons (Fsp3) is 0.750. The van der Waals surface area contributed by atoms with Gasteiger partial charge >= 0.3 is 5.97 Å². The predicted octanol–water partition coefficient (Wildman–Crippen LogP) is 2.99. The maximum absolute atomic E-state index is 11.2. The summed E-state index contributed by atoms with van der Waals surface area (Å²) < 4.78 is 5.01. The number of aliphatic hydroxyl groups is 2. The van der Waals surface area contributed by atoms with Crippen LogP contribution in [-0.2, 0) is 9.53 Å². The third-order valence-electron chi connectivity index (χ3n) is 7.17. The SMILES string of the molecule is C=C1CC[C@H]2[C@](C)(CO)[C@@H](O)CC[C@]2(C)[C@H]1CCC1=CC(=O)OC1. The van der Waals surface area contributed by atoms with E-state index in [0.29, 0.717) is 18.4 Å². The van der Waals surface area contributed by atoms with E-state index in [0.717, 1.165) is 44.1 Å². The first-order chi connectivity index (χ1) is 11.3. The molecular weight excluding hydrogens is 304 g/mol. The van der Waals surface area contributed by atoms with Crippen molar-refractivity contribution >= 4 is 5.97 Å². The molecule has 0 amide bonds. The van der Waals surface area contributed by atoms with Crippen LogP contribution in [0.1, 0.15) is 52.4 Å². The largest absolute Gasteiger partial charge is 0.458 e. The highest BCUT2D eigenvalue weighted by molar-refractivity contribution is 5.85. The first kappa shape index (κ1) is 17.7. The number of hydrogen-bond acceptors (Lipinski definition) is 4. The highest BCUT2D eigenvalue weighted by Gasteiger charge is 2.57. The number of aliphatic hydroxyl groups excluding tert-OH is 2. The summed E-state index contributed by atoms with van der Waals surface area (Å²) in [6, 6.07) is 0. The molecule has 3 rings (SSSR count). The van der Waals surface area contributed by atoms with Crippen molar-refractivity contribution in [1.82, 2.24) is 0 Å². The summed E-state index contributed by atoms with van der Waals surface area (Å²) >= 11 is 0. The van der Waals surface area contributed by atoms with Gasteiger partial charge < -0.3 is 14.9 Å². The van der Waals surface area contributed by atoms with E-state index in [2.05, 4.69) is 13.5 Å². The first-order valence-corrected chi connectivity index (χ1v) is 9.14. The molecule has 2 aliphatic carbocycles. The van der Waals surface area contributed by atoms with Crippen LogP contribution in [0.3, 0.4) is 0 Å². The first-order valence-electron chi connectivity index (χ1n) is 9.14. The normalized spacial score (nSPS) is 42.5. The highest BCUT2D eigenvalue weighted by atomic mass is 16.5. The van der Waals surface area contributed by atoms with Gasteiger partial charge in [0.15, 0.2) is 0 Å². The summed E-state index contributed by atoms with van der Waals surface area (Å²) in [5.74, 6) is 0.432. The Morgan fingerprint density at radius 2 is 2.12 bits per heavy atom. The molecule has 1 aliphatic heterocycles. The Labute approximate surface area is 144 Å². The number of rotatable bonds is 4. The van der Waals surface area contributed by atoms with E-state index in [1.807, 2.05) is 6.92 Å². The predicted molar refractivity (Wildman–Crippen MR) is 92.2 cm³/mol. The van der Waals surface area contributed by atoms with Gasteiger partial charge in [0.25, 0.3) is 0 Å². The van der Waals surface area contributed by atoms with Gasteiger partial charge in [-0.1, -0.05) is 26.0 Å². The Hall–Kier alpha value is -1.13. The Morgan fingerprint density at radius 1 is 1.38 bits per heavy atom. The van der Waals surface area contributed by atoms with Crippen molar-refractivity contribution in [2.24, 2.45) is 22.7 Å². The van der Waals surface area contributed by atoms with Crippen LogP contribution in [0, 0.1) is 22.7 Å². The summed E-state index contributed by atoms with van der Waals surface area (Å²) in [6.07, 6.45) is 6.66. The fourth-order valence-electron chi connectivity index (χ4n) is 5.62. The standard InChI is InChI=1S/C20H30O4/c1-13-4-7-16-19(2,9-8-17(22)20(16,3)12-21)15(13)6-5-14-10-18(23)24-11-14/h10,15-17,21-22H,1,4-9,11-12H2,2-3H3/t15-,16+,17-,19+,20-/m0/s1. The zero-order valence-electron chi connectivity index (χ0n) is 14.9. The maximum atomic E-state index is 11.2. The molecule has 0 aromatic carbocycles. The van der Waals surface area contributed by atoms with Crippen LogP contribution in [0.4, 0.5) is 0 Å². The van der Waals surface area contributed by atoms with Crippen molar-refractivity contribution in [3.8, 4) is 0 Å². The molecule has 4 heteroatoms. The lowest BCUT2D eigenvalue weighted by Gasteiger charge is -2.60.